The van der Waals surface area contributed by atoms with Crippen molar-refractivity contribution in [1.82, 2.24) is 10.6 Å². The van der Waals surface area contributed by atoms with Crippen molar-refractivity contribution in [3.8, 4) is 5.75 Å². The van der Waals surface area contributed by atoms with Gasteiger partial charge in [0.25, 0.3) is 0 Å². The first kappa shape index (κ1) is 37.1. The van der Waals surface area contributed by atoms with E-state index in [2.05, 4.69) is 16.0 Å². The molecule has 0 heterocycles. The lowest BCUT2D eigenvalue weighted by atomic mass is 9.94. The van der Waals surface area contributed by atoms with Gasteiger partial charge in [-0.05, 0) is 72.4 Å². The van der Waals surface area contributed by atoms with Gasteiger partial charge in [-0.15, -0.1) is 0 Å². The molecule has 0 aliphatic rings. The number of rotatable bonds is 15. The number of ether oxygens (including phenoxy) is 3. The van der Waals surface area contributed by atoms with Crippen LogP contribution in [0.1, 0.15) is 81.1 Å². The van der Waals surface area contributed by atoms with Crippen molar-refractivity contribution in [1.29, 1.82) is 0 Å². The van der Waals surface area contributed by atoms with Crippen LogP contribution in [0.5, 0.6) is 5.75 Å². The third kappa shape index (κ3) is 15.2. The standard InChI is InChI=1S/C31H47N3O9/c1-19(2)15-23(27(38)33-21(18-35)17-26(37)43-31(6,7)8)28(39)34-24(13-14-25(36)42-30(3,4)5)29(40)32-20-11-10-12-22(16-20)41-9/h10-12,16,18-19,21,23-24H,13-15,17H2,1-9H3,(H,32,40)(H,33,38)(H,34,39). The van der Waals surface area contributed by atoms with E-state index in [1.807, 2.05) is 0 Å². The molecule has 3 N–H and O–H groups in total. The van der Waals surface area contributed by atoms with Crippen LogP contribution in [0.15, 0.2) is 24.3 Å². The summed E-state index contributed by atoms with van der Waals surface area (Å²) in [5.41, 5.74) is -1.13. The van der Waals surface area contributed by atoms with Gasteiger partial charge >= 0.3 is 11.9 Å². The Balaban J connectivity index is 3.16. The zero-order valence-electron chi connectivity index (χ0n) is 26.7. The Hall–Kier alpha value is -3.96. The fourth-order valence-corrected chi connectivity index (χ4v) is 3.91. The fourth-order valence-electron chi connectivity index (χ4n) is 3.91. The summed E-state index contributed by atoms with van der Waals surface area (Å²) in [6.07, 6.45) is -0.215. The van der Waals surface area contributed by atoms with Gasteiger partial charge in [0, 0.05) is 18.2 Å². The van der Waals surface area contributed by atoms with Crippen LogP contribution in [0.25, 0.3) is 0 Å². The molecule has 0 spiro atoms. The molecule has 0 aliphatic carbocycles. The molecule has 0 saturated heterocycles. The molecule has 12 heteroatoms. The van der Waals surface area contributed by atoms with Crippen LogP contribution < -0.4 is 20.7 Å². The number of benzene rings is 1. The summed E-state index contributed by atoms with van der Waals surface area (Å²) in [7, 11) is 1.48. The Morgan fingerprint density at radius 1 is 0.860 bits per heavy atom. The Bertz CT molecular complexity index is 1140. The third-order valence-electron chi connectivity index (χ3n) is 5.67. The SMILES string of the molecule is COc1cccc(NC(=O)C(CCC(=O)OC(C)(C)C)NC(=O)C(CC(C)C)C(=O)NC(C=O)CC(=O)OC(C)(C)C)c1. The predicted octanol–water partition coefficient (Wildman–Crippen LogP) is 3.32. The highest BCUT2D eigenvalue weighted by Gasteiger charge is 2.33. The molecule has 1 aromatic rings. The topological polar surface area (TPSA) is 166 Å². The van der Waals surface area contributed by atoms with Gasteiger partial charge in [-0.25, -0.2) is 0 Å². The summed E-state index contributed by atoms with van der Waals surface area (Å²) in [6.45, 7) is 13.8. The van der Waals surface area contributed by atoms with Crippen LogP contribution in [0, 0.1) is 11.8 Å². The van der Waals surface area contributed by atoms with E-state index in [4.69, 9.17) is 14.2 Å². The van der Waals surface area contributed by atoms with Crippen molar-refractivity contribution < 1.29 is 43.0 Å². The molecule has 43 heavy (non-hydrogen) atoms. The van der Waals surface area contributed by atoms with E-state index in [9.17, 15) is 28.8 Å². The van der Waals surface area contributed by atoms with Crippen molar-refractivity contribution in [2.24, 2.45) is 11.8 Å². The van der Waals surface area contributed by atoms with Gasteiger partial charge in [-0.2, -0.15) is 0 Å². The lowest BCUT2D eigenvalue weighted by Gasteiger charge is -2.25. The predicted molar refractivity (Wildman–Crippen MR) is 160 cm³/mol. The molecule has 1 rings (SSSR count). The summed E-state index contributed by atoms with van der Waals surface area (Å²) >= 11 is 0. The summed E-state index contributed by atoms with van der Waals surface area (Å²) in [5, 5.41) is 7.75. The van der Waals surface area contributed by atoms with Crippen molar-refractivity contribution in [3.63, 3.8) is 0 Å². The minimum Gasteiger partial charge on any atom is -0.497 e. The lowest BCUT2D eigenvalue weighted by Crippen LogP contribution is -2.51. The lowest BCUT2D eigenvalue weighted by molar-refractivity contribution is -0.157. The molecule has 3 amide bonds. The first-order valence-corrected chi connectivity index (χ1v) is 14.3. The average molecular weight is 606 g/mol. The van der Waals surface area contributed by atoms with Crippen LogP contribution in [-0.4, -0.2) is 66.3 Å². The maximum Gasteiger partial charge on any atom is 0.308 e. The van der Waals surface area contributed by atoms with E-state index < -0.39 is 65.3 Å². The van der Waals surface area contributed by atoms with Crippen LogP contribution in [-0.2, 0) is 38.2 Å². The second kappa shape index (κ2) is 16.6. The number of nitrogens with one attached hydrogen (secondary N) is 3. The second-order valence-electron chi connectivity index (χ2n) is 12.6. The maximum absolute atomic E-state index is 13.5. The van der Waals surface area contributed by atoms with Gasteiger partial charge in [0.1, 0.15) is 35.2 Å². The summed E-state index contributed by atoms with van der Waals surface area (Å²) in [6, 6.07) is 4.16. The summed E-state index contributed by atoms with van der Waals surface area (Å²) in [4.78, 5) is 76.3. The van der Waals surface area contributed by atoms with E-state index in [0.717, 1.165) is 0 Å². The van der Waals surface area contributed by atoms with Gasteiger partial charge in [-0.1, -0.05) is 19.9 Å². The average Bonchev–Trinajstić information content (AvgIpc) is 2.86. The Labute approximate surface area is 254 Å². The van der Waals surface area contributed by atoms with E-state index in [-0.39, 0.29) is 25.2 Å². The molecule has 3 unspecified atom stereocenters. The molecular weight excluding hydrogens is 558 g/mol. The van der Waals surface area contributed by atoms with Gasteiger partial charge in [0.15, 0.2) is 0 Å². The molecule has 12 nitrogen and oxygen atoms in total. The van der Waals surface area contributed by atoms with Crippen LogP contribution in [0.3, 0.4) is 0 Å². The van der Waals surface area contributed by atoms with Crippen molar-refractivity contribution in [2.45, 2.75) is 104 Å². The minimum atomic E-state index is -1.30. The van der Waals surface area contributed by atoms with Crippen LogP contribution >= 0.6 is 0 Å². The quantitative estimate of drug-likeness (QED) is 0.154. The first-order chi connectivity index (χ1) is 19.8. The van der Waals surface area contributed by atoms with Crippen molar-refractivity contribution in [3.05, 3.63) is 24.3 Å². The molecule has 0 radical (unpaired) electrons. The highest BCUT2D eigenvalue weighted by atomic mass is 16.6. The Morgan fingerprint density at radius 2 is 1.44 bits per heavy atom. The number of anilines is 1. The Kier molecular flexibility index (Phi) is 14.3. The fraction of sp³-hybridized carbons (Fsp3) is 0.613. The zero-order valence-corrected chi connectivity index (χ0v) is 26.7. The van der Waals surface area contributed by atoms with Gasteiger partial charge < -0.3 is 35.0 Å². The van der Waals surface area contributed by atoms with Crippen molar-refractivity contribution in [2.75, 3.05) is 12.4 Å². The molecule has 0 aromatic heterocycles. The number of hydrogen-bond acceptors (Lipinski definition) is 9. The van der Waals surface area contributed by atoms with E-state index in [0.29, 0.717) is 17.7 Å². The second-order valence-corrected chi connectivity index (χ2v) is 12.6. The van der Waals surface area contributed by atoms with E-state index >= 15 is 0 Å². The first-order valence-electron chi connectivity index (χ1n) is 14.3. The smallest absolute Gasteiger partial charge is 0.308 e. The number of hydrogen-bond donors (Lipinski definition) is 3. The molecule has 0 aliphatic heterocycles. The number of methoxy groups -OCH3 is 1. The number of amides is 3. The molecule has 0 fully saturated rings. The highest BCUT2D eigenvalue weighted by Crippen LogP contribution is 2.19. The number of esters is 2. The molecule has 3 atom stereocenters. The largest absolute Gasteiger partial charge is 0.497 e. The normalized spacial score (nSPS) is 13.6. The van der Waals surface area contributed by atoms with Crippen molar-refractivity contribution >= 4 is 41.6 Å². The third-order valence-corrected chi connectivity index (χ3v) is 5.67. The Morgan fingerprint density at radius 3 is 1.98 bits per heavy atom. The number of aldehydes is 1. The van der Waals surface area contributed by atoms with Gasteiger partial charge in [0.05, 0.1) is 19.6 Å². The van der Waals surface area contributed by atoms with E-state index in [1.165, 1.54) is 7.11 Å². The molecular formula is C31H47N3O9. The molecule has 0 bridgehead atoms. The molecule has 0 saturated carbocycles. The molecule has 240 valence electrons. The van der Waals surface area contributed by atoms with Crippen LogP contribution in [0.2, 0.25) is 0 Å². The van der Waals surface area contributed by atoms with E-state index in [1.54, 1.807) is 79.7 Å². The van der Waals surface area contributed by atoms with Gasteiger partial charge in [0.2, 0.25) is 17.7 Å². The molecule has 1 aromatic carbocycles. The highest BCUT2D eigenvalue weighted by molar-refractivity contribution is 6.04. The van der Waals surface area contributed by atoms with Gasteiger partial charge in [-0.3, -0.25) is 24.0 Å². The maximum atomic E-state index is 13.5. The number of carbonyl (C=O) groups excluding carboxylic acids is 6. The van der Waals surface area contributed by atoms with Crippen LogP contribution in [0.4, 0.5) is 5.69 Å². The summed E-state index contributed by atoms with van der Waals surface area (Å²) in [5.74, 6) is -4.35. The minimum absolute atomic E-state index is 0.0893. The number of carbonyl (C=O) groups is 6. The summed E-state index contributed by atoms with van der Waals surface area (Å²) < 4.78 is 15.8. The zero-order chi connectivity index (χ0) is 33.0. The monoisotopic (exact) mass is 605 g/mol.